The van der Waals surface area contributed by atoms with Gasteiger partial charge in [0, 0.05) is 42.5 Å². The third-order valence-electron chi connectivity index (χ3n) is 5.96. The molecule has 1 amide bonds. The zero-order valence-electron chi connectivity index (χ0n) is 18.1. The van der Waals surface area contributed by atoms with Crippen LogP contribution in [0.2, 0.25) is 0 Å². The first-order valence-electron chi connectivity index (χ1n) is 10.8. The smallest absolute Gasteiger partial charge is 0.254 e. The molecule has 3 heterocycles. The number of hydrogen-bond donors (Lipinski definition) is 0. The van der Waals surface area contributed by atoms with E-state index in [1.807, 2.05) is 59.5 Å². The number of rotatable bonds is 3. The minimum absolute atomic E-state index is 0.0590. The summed E-state index contributed by atoms with van der Waals surface area (Å²) in [7, 11) is 0. The highest BCUT2D eigenvalue weighted by Gasteiger charge is 2.31. The number of carbonyl (C=O) groups is 1. The Labute approximate surface area is 181 Å². The van der Waals surface area contributed by atoms with Crippen molar-refractivity contribution in [3.8, 4) is 0 Å². The molecule has 2 aromatic carbocycles. The Morgan fingerprint density at radius 1 is 1.00 bits per heavy atom. The van der Waals surface area contributed by atoms with E-state index < -0.39 is 0 Å². The number of carbonyl (C=O) groups excluding carboxylic acids is 1. The molecule has 4 aromatic rings. The molecule has 158 valence electrons. The molecule has 0 N–H and O–H groups in total. The summed E-state index contributed by atoms with van der Waals surface area (Å²) in [5.41, 5.74) is 2.47. The van der Waals surface area contributed by atoms with Gasteiger partial charge in [-0.25, -0.2) is 9.38 Å². The summed E-state index contributed by atoms with van der Waals surface area (Å²) in [6, 6.07) is 17.6. The predicted octanol–water partition coefficient (Wildman–Crippen LogP) is 3.75. The van der Waals surface area contributed by atoms with Crippen LogP contribution in [0.1, 0.15) is 42.9 Å². The van der Waals surface area contributed by atoms with Crippen molar-refractivity contribution < 1.29 is 4.79 Å². The Balaban J connectivity index is 1.52. The van der Waals surface area contributed by atoms with Gasteiger partial charge >= 0.3 is 0 Å². The molecule has 7 nitrogen and oxygen atoms in total. The fourth-order valence-electron chi connectivity index (χ4n) is 4.36. The van der Waals surface area contributed by atoms with Gasteiger partial charge in [0.1, 0.15) is 5.82 Å². The van der Waals surface area contributed by atoms with Crippen LogP contribution in [0.3, 0.4) is 0 Å². The number of benzene rings is 2. The second kappa shape index (κ2) is 7.65. The molecule has 0 aliphatic carbocycles. The van der Waals surface area contributed by atoms with Gasteiger partial charge in [-0.3, -0.25) is 4.79 Å². The lowest BCUT2D eigenvalue weighted by atomic mass is 10.1. The second-order valence-corrected chi connectivity index (χ2v) is 8.46. The third-order valence-corrected chi connectivity index (χ3v) is 5.96. The molecule has 31 heavy (non-hydrogen) atoms. The van der Waals surface area contributed by atoms with E-state index in [9.17, 15) is 4.79 Å². The van der Waals surface area contributed by atoms with Crippen LogP contribution in [0, 0.1) is 0 Å². The van der Waals surface area contributed by atoms with Crippen molar-refractivity contribution in [2.24, 2.45) is 0 Å². The Hall–Kier alpha value is -3.48. The Morgan fingerprint density at radius 2 is 1.74 bits per heavy atom. The van der Waals surface area contributed by atoms with E-state index in [0.717, 1.165) is 33.9 Å². The molecular formula is C24H26N6O. The van der Waals surface area contributed by atoms with Crippen molar-refractivity contribution in [3.05, 3.63) is 66.0 Å². The molecular weight excluding hydrogens is 388 g/mol. The van der Waals surface area contributed by atoms with Gasteiger partial charge < -0.3 is 9.80 Å². The minimum Gasteiger partial charge on any atom is -0.338 e. The summed E-state index contributed by atoms with van der Waals surface area (Å²) < 4.78 is 2.09. The van der Waals surface area contributed by atoms with Crippen LogP contribution in [0.15, 0.2) is 54.6 Å². The van der Waals surface area contributed by atoms with Gasteiger partial charge in [0.15, 0.2) is 5.65 Å². The molecule has 1 aliphatic rings. The van der Waals surface area contributed by atoms with Crippen LogP contribution in [-0.4, -0.2) is 56.1 Å². The average molecular weight is 415 g/mol. The second-order valence-electron chi connectivity index (χ2n) is 8.46. The number of fused-ring (bicyclic) bond motifs is 3. The summed E-state index contributed by atoms with van der Waals surface area (Å²) in [5.74, 6) is 2.05. The van der Waals surface area contributed by atoms with Crippen LogP contribution in [0.25, 0.3) is 16.6 Å². The lowest BCUT2D eigenvalue weighted by molar-refractivity contribution is 0.0673. The number of amides is 1. The van der Waals surface area contributed by atoms with Gasteiger partial charge in [-0.1, -0.05) is 44.2 Å². The minimum atomic E-state index is 0.0590. The first-order valence-corrected chi connectivity index (χ1v) is 10.8. The highest BCUT2D eigenvalue weighted by Crippen LogP contribution is 2.28. The highest BCUT2D eigenvalue weighted by molar-refractivity contribution is 5.95. The average Bonchev–Trinajstić information content (AvgIpc) is 3.24. The SMILES string of the molecule is CC(C)c1nnc2c3ccccc3nc(N3CCN(C(=O)c4ccccc4)[C@@H](C)C3)n12. The molecule has 5 rings (SSSR count). The first kappa shape index (κ1) is 19.5. The van der Waals surface area contributed by atoms with E-state index in [0.29, 0.717) is 19.6 Å². The molecule has 0 saturated carbocycles. The Bertz CT molecular complexity index is 1250. The van der Waals surface area contributed by atoms with Gasteiger partial charge in [0.2, 0.25) is 5.95 Å². The van der Waals surface area contributed by atoms with Gasteiger partial charge in [-0.15, -0.1) is 10.2 Å². The highest BCUT2D eigenvalue weighted by atomic mass is 16.2. The van der Waals surface area contributed by atoms with Crippen LogP contribution in [0.5, 0.6) is 0 Å². The van der Waals surface area contributed by atoms with E-state index in [2.05, 4.69) is 40.3 Å². The van der Waals surface area contributed by atoms with Crippen molar-refractivity contribution >= 4 is 28.4 Å². The Kier molecular flexibility index (Phi) is 4.81. The van der Waals surface area contributed by atoms with Gasteiger partial charge in [-0.2, -0.15) is 0 Å². The van der Waals surface area contributed by atoms with Gasteiger partial charge in [-0.05, 0) is 31.2 Å². The van der Waals surface area contributed by atoms with E-state index in [-0.39, 0.29) is 17.9 Å². The largest absolute Gasteiger partial charge is 0.338 e. The van der Waals surface area contributed by atoms with Crippen LogP contribution in [-0.2, 0) is 0 Å². The van der Waals surface area contributed by atoms with Crippen molar-refractivity contribution in [2.45, 2.75) is 32.7 Å². The first-order chi connectivity index (χ1) is 15.0. The summed E-state index contributed by atoms with van der Waals surface area (Å²) in [5, 5.41) is 9.99. The van der Waals surface area contributed by atoms with Gasteiger partial charge in [0.05, 0.1) is 5.52 Å². The quantitative estimate of drug-likeness (QED) is 0.511. The fourth-order valence-corrected chi connectivity index (χ4v) is 4.36. The molecule has 1 fully saturated rings. The van der Waals surface area contributed by atoms with E-state index >= 15 is 0 Å². The molecule has 0 spiro atoms. The predicted molar refractivity (Wildman–Crippen MR) is 122 cm³/mol. The van der Waals surface area contributed by atoms with Crippen molar-refractivity contribution in [2.75, 3.05) is 24.5 Å². The number of hydrogen-bond acceptors (Lipinski definition) is 5. The van der Waals surface area contributed by atoms with Crippen molar-refractivity contribution in [1.82, 2.24) is 24.5 Å². The summed E-state index contributed by atoms with van der Waals surface area (Å²) in [6.45, 7) is 8.39. The van der Waals surface area contributed by atoms with Crippen LogP contribution < -0.4 is 4.90 Å². The molecule has 0 bridgehead atoms. The van der Waals surface area contributed by atoms with E-state index in [1.54, 1.807) is 0 Å². The molecule has 1 saturated heterocycles. The number of nitrogens with zero attached hydrogens (tertiary/aromatic N) is 6. The molecule has 2 aromatic heterocycles. The fraction of sp³-hybridized carbons (Fsp3) is 0.333. The van der Waals surface area contributed by atoms with Crippen molar-refractivity contribution in [3.63, 3.8) is 0 Å². The van der Waals surface area contributed by atoms with Gasteiger partial charge in [0.25, 0.3) is 5.91 Å². The van der Waals surface area contributed by atoms with E-state index in [4.69, 9.17) is 4.98 Å². The maximum absolute atomic E-state index is 13.0. The number of para-hydroxylation sites is 1. The summed E-state index contributed by atoms with van der Waals surface area (Å²) in [4.78, 5) is 22.2. The monoisotopic (exact) mass is 414 g/mol. The molecule has 1 aliphatic heterocycles. The normalized spacial score (nSPS) is 17.1. The van der Waals surface area contributed by atoms with Crippen LogP contribution >= 0.6 is 0 Å². The molecule has 7 heteroatoms. The van der Waals surface area contributed by atoms with Crippen LogP contribution in [0.4, 0.5) is 5.95 Å². The zero-order chi connectivity index (χ0) is 21.5. The maximum atomic E-state index is 13.0. The number of piperazine rings is 1. The number of anilines is 1. The summed E-state index contributed by atoms with van der Waals surface area (Å²) >= 11 is 0. The summed E-state index contributed by atoms with van der Waals surface area (Å²) in [6.07, 6.45) is 0. The zero-order valence-corrected chi connectivity index (χ0v) is 18.1. The molecule has 0 radical (unpaired) electrons. The standard InChI is InChI=1S/C24H26N6O/c1-16(2)21-26-27-22-19-11-7-8-12-20(19)25-24(30(21)22)28-13-14-29(17(3)15-28)23(31)18-9-5-4-6-10-18/h4-12,16-17H,13-15H2,1-3H3/t17-/m0/s1. The lowest BCUT2D eigenvalue weighted by Crippen LogP contribution is -2.54. The Morgan fingerprint density at radius 3 is 2.48 bits per heavy atom. The molecule has 0 unspecified atom stereocenters. The third kappa shape index (κ3) is 3.30. The maximum Gasteiger partial charge on any atom is 0.254 e. The number of aromatic nitrogens is 4. The van der Waals surface area contributed by atoms with E-state index in [1.165, 1.54) is 0 Å². The lowest BCUT2D eigenvalue weighted by Gasteiger charge is -2.40. The van der Waals surface area contributed by atoms with Crippen molar-refractivity contribution in [1.29, 1.82) is 0 Å². The molecule has 1 atom stereocenters. The topological polar surface area (TPSA) is 66.6 Å².